The lowest BCUT2D eigenvalue weighted by molar-refractivity contribution is 0.0720. The molecule has 0 spiro atoms. The van der Waals surface area contributed by atoms with Crippen molar-refractivity contribution in [3.05, 3.63) is 95.3 Å². The Labute approximate surface area is 229 Å². The van der Waals surface area contributed by atoms with E-state index < -0.39 is 23.7 Å². The molecule has 1 aromatic heterocycles. The number of benzene rings is 3. The fourth-order valence-corrected chi connectivity index (χ4v) is 3.71. The Bertz CT molecular complexity index is 1470. The summed E-state index contributed by atoms with van der Waals surface area (Å²) in [6, 6.07) is 20.0. The monoisotopic (exact) mass is 542 g/mol. The molecule has 3 amide bonds. The van der Waals surface area contributed by atoms with Crippen LogP contribution in [0.5, 0.6) is 11.5 Å². The molecule has 3 aromatic carbocycles. The van der Waals surface area contributed by atoms with Gasteiger partial charge in [0, 0.05) is 5.56 Å². The predicted molar refractivity (Wildman–Crippen MR) is 143 cm³/mol. The zero-order valence-corrected chi connectivity index (χ0v) is 21.5. The van der Waals surface area contributed by atoms with Gasteiger partial charge in [0.2, 0.25) is 0 Å². The predicted octanol–water partition coefficient (Wildman–Crippen LogP) is 3.99. The summed E-state index contributed by atoms with van der Waals surface area (Å²) in [6.07, 6.45) is 2.86. The van der Waals surface area contributed by atoms with E-state index in [0.29, 0.717) is 12.4 Å². The molecule has 1 heterocycles. The minimum Gasteiger partial charge on any atom is -0.494 e. The van der Waals surface area contributed by atoms with Crippen LogP contribution in [-0.4, -0.2) is 50.9 Å². The van der Waals surface area contributed by atoms with Crippen LogP contribution in [0.1, 0.15) is 56.7 Å². The number of hydrogen-bond acceptors (Lipinski definition) is 9. The number of aromatic amines is 1. The quantitative estimate of drug-likeness (QED) is 0.110. The number of para-hydroxylation sites is 1. The van der Waals surface area contributed by atoms with Crippen molar-refractivity contribution >= 4 is 29.4 Å². The van der Waals surface area contributed by atoms with Gasteiger partial charge in [-0.2, -0.15) is 5.21 Å². The van der Waals surface area contributed by atoms with Crippen LogP contribution in [0.15, 0.2) is 72.8 Å². The Kier molecular flexibility index (Phi) is 9.27. The second-order valence-corrected chi connectivity index (χ2v) is 8.59. The third-order valence-corrected chi connectivity index (χ3v) is 5.68. The first-order valence-electron chi connectivity index (χ1n) is 12.4. The fraction of sp³-hybridized carbons (Fsp3) is 0.179. The number of hydrogen-bond donors (Lipinski definition) is 3. The van der Waals surface area contributed by atoms with Gasteiger partial charge in [-0.05, 0) is 73.4 Å². The maximum atomic E-state index is 12.6. The molecule has 0 aliphatic rings. The van der Waals surface area contributed by atoms with Gasteiger partial charge >= 0.3 is 12.0 Å². The molecule has 4 aromatic rings. The molecule has 40 heavy (non-hydrogen) atoms. The first kappa shape index (κ1) is 27.6. The van der Waals surface area contributed by atoms with Crippen LogP contribution in [0.2, 0.25) is 0 Å². The number of nitrogens with zero attached hydrogens (tertiary/aromatic N) is 3. The van der Waals surface area contributed by atoms with Crippen molar-refractivity contribution in [2.45, 2.75) is 26.2 Å². The standard InChI is InChI=1S/C28H26N6O6/c1-18(35)22-11-7-12-23(24(22)40-27(37)25-31-33-34-32-25)29-28(38)30-26(36)20-13-15-21(16-14-20)39-17-6-5-10-19-8-3-2-4-9-19/h2-4,7-9,11-16H,5-6,10,17H2,1H3,(H2,29,30,36,38)(H,31,32,33,34). The van der Waals surface area contributed by atoms with Gasteiger partial charge < -0.3 is 14.8 Å². The number of H-pyrrole nitrogens is 1. The van der Waals surface area contributed by atoms with Crippen molar-refractivity contribution in [2.24, 2.45) is 0 Å². The Hall–Kier alpha value is -5.39. The van der Waals surface area contributed by atoms with E-state index >= 15 is 0 Å². The molecule has 0 unspecified atom stereocenters. The Balaban J connectivity index is 1.30. The van der Waals surface area contributed by atoms with Crippen LogP contribution >= 0.6 is 0 Å². The summed E-state index contributed by atoms with van der Waals surface area (Å²) in [6.45, 7) is 1.81. The number of esters is 1. The average Bonchev–Trinajstić information content (AvgIpc) is 3.50. The Morgan fingerprint density at radius 3 is 2.38 bits per heavy atom. The smallest absolute Gasteiger partial charge is 0.385 e. The van der Waals surface area contributed by atoms with Gasteiger partial charge in [-0.1, -0.05) is 36.4 Å². The highest BCUT2D eigenvalue weighted by atomic mass is 16.5. The van der Waals surface area contributed by atoms with Crippen LogP contribution in [0.4, 0.5) is 10.5 Å². The van der Waals surface area contributed by atoms with E-state index in [1.54, 1.807) is 12.1 Å². The zero-order chi connectivity index (χ0) is 28.3. The first-order chi connectivity index (χ1) is 19.4. The molecule has 0 atom stereocenters. The molecule has 0 aliphatic carbocycles. The number of anilines is 1. The van der Waals surface area contributed by atoms with Crippen LogP contribution in [-0.2, 0) is 6.42 Å². The molecule has 0 radical (unpaired) electrons. The lowest BCUT2D eigenvalue weighted by atomic mass is 10.1. The minimum absolute atomic E-state index is 0.0224. The van der Waals surface area contributed by atoms with E-state index in [0.717, 1.165) is 19.3 Å². The van der Waals surface area contributed by atoms with E-state index in [2.05, 4.69) is 43.4 Å². The Morgan fingerprint density at radius 2 is 1.68 bits per heavy atom. The fourth-order valence-electron chi connectivity index (χ4n) is 3.71. The summed E-state index contributed by atoms with van der Waals surface area (Å²) in [5.41, 5.74) is 1.52. The number of imide groups is 1. The van der Waals surface area contributed by atoms with Gasteiger partial charge in [0.15, 0.2) is 11.5 Å². The highest BCUT2D eigenvalue weighted by molar-refractivity contribution is 6.09. The summed E-state index contributed by atoms with van der Waals surface area (Å²) in [4.78, 5) is 49.6. The van der Waals surface area contributed by atoms with Crippen molar-refractivity contribution in [1.82, 2.24) is 25.9 Å². The van der Waals surface area contributed by atoms with Crippen LogP contribution in [0.3, 0.4) is 0 Å². The maximum Gasteiger partial charge on any atom is 0.385 e. The number of amides is 3. The molecule has 204 valence electrons. The third kappa shape index (κ3) is 7.57. The summed E-state index contributed by atoms with van der Waals surface area (Å²) < 4.78 is 11.0. The summed E-state index contributed by atoms with van der Waals surface area (Å²) in [7, 11) is 0. The number of tetrazole rings is 1. The summed E-state index contributed by atoms with van der Waals surface area (Å²) in [5.74, 6) is -2.08. The molecule has 0 fully saturated rings. The molecule has 0 saturated heterocycles. The molecule has 3 N–H and O–H groups in total. The second-order valence-electron chi connectivity index (χ2n) is 8.59. The first-order valence-corrected chi connectivity index (χ1v) is 12.4. The lowest BCUT2D eigenvalue weighted by Gasteiger charge is -2.14. The third-order valence-electron chi connectivity index (χ3n) is 5.68. The molecule has 12 nitrogen and oxygen atoms in total. The summed E-state index contributed by atoms with van der Waals surface area (Å²) in [5, 5.41) is 17.1. The van der Waals surface area contributed by atoms with Crippen LogP contribution in [0.25, 0.3) is 0 Å². The normalized spacial score (nSPS) is 10.4. The number of unbranched alkanes of at least 4 members (excludes halogenated alkanes) is 1. The van der Waals surface area contributed by atoms with Crippen molar-refractivity contribution in [1.29, 1.82) is 0 Å². The molecular weight excluding hydrogens is 516 g/mol. The molecule has 0 bridgehead atoms. The maximum absolute atomic E-state index is 12.6. The Morgan fingerprint density at radius 1 is 0.900 bits per heavy atom. The van der Waals surface area contributed by atoms with E-state index in [9.17, 15) is 19.2 Å². The van der Waals surface area contributed by atoms with Crippen molar-refractivity contribution in [3.8, 4) is 11.5 Å². The highest BCUT2D eigenvalue weighted by Gasteiger charge is 2.22. The largest absolute Gasteiger partial charge is 0.494 e. The molecule has 0 aliphatic heterocycles. The number of carbonyl (C=O) groups is 4. The number of nitrogens with one attached hydrogen (secondary N) is 3. The van der Waals surface area contributed by atoms with E-state index in [1.165, 1.54) is 42.8 Å². The van der Waals surface area contributed by atoms with Gasteiger partial charge in [0.05, 0.1) is 17.9 Å². The van der Waals surface area contributed by atoms with Crippen molar-refractivity contribution < 1.29 is 28.7 Å². The number of ketones is 1. The van der Waals surface area contributed by atoms with E-state index in [4.69, 9.17) is 9.47 Å². The highest BCUT2D eigenvalue weighted by Crippen LogP contribution is 2.30. The zero-order valence-electron chi connectivity index (χ0n) is 21.5. The number of ether oxygens (including phenoxy) is 2. The van der Waals surface area contributed by atoms with Gasteiger partial charge in [-0.25, -0.2) is 9.59 Å². The summed E-state index contributed by atoms with van der Waals surface area (Å²) >= 11 is 0. The van der Waals surface area contributed by atoms with Crippen molar-refractivity contribution in [3.63, 3.8) is 0 Å². The lowest BCUT2D eigenvalue weighted by Crippen LogP contribution is -2.34. The molecule has 4 rings (SSSR count). The van der Waals surface area contributed by atoms with E-state index in [1.807, 2.05) is 18.2 Å². The molecule has 12 heteroatoms. The SMILES string of the molecule is CC(=O)c1cccc(NC(=O)NC(=O)c2ccc(OCCCCc3ccccc3)cc2)c1OC(=O)c1nn[nH]n1. The van der Waals surface area contributed by atoms with Gasteiger partial charge in [0.25, 0.3) is 11.7 Å². The van der Waals surface area contributed by atoms with Crippen LogP contribution in [0, 0.1) is 0 Å². The van der Waals surface area contributed by atoms with E-state index in [-0.39, 0.29) is 28.4 Å². The molecule has 0 saturated carbocycles. The number of rotatable bonds is 11. The van der Waals surface area contributed by atoms with Gasteiger partial charge in [0.1, 0.15) is 5.75 Å². The topological polar surface area (TPSA) is 165 Å². The number of carbonyl (C=O) groups excluding carboxylic acids is 4. The minimum atomic E-state index is -1.000. The number of aryl methyl sites for hydroxylation is 1. The van der Waals surface area contributed by atoms with Gasteiger partial charge in [-0.3, -0.25) is 14.9 Å². The number of aromatic nitrogens is 4. The average molecular weight is 543 g/mol. The van der Waals surface area contributed by atoms with Gasteiger partial charge in [-0.15, -0.1) is 10.2 Å². The molecular formula is C28H26N6O6. The second kappa shape index (κ2) is 13.4. The number of urea groups is 1. The van der Waals surface area contributed by atoms with Crippen LogP contribution < -0.4 is 20.1 Å². The van der Waals surface area contributed by atoms with Crippen molar-refractivity contribution in [2.75, 3.05) is 11.9 Å². The number of Topliss-reactive ketones (excluding diaryl/α,β-unsaturated/α-hetero) is 1.